The highest BCUT2D eigenvalue weighted by atomic mass is 32.1. The van der Waals surface area contributed by atoms with Crippen molar-refractivity contribution in [2.75, 3.05) is 0 Å². The van der Waals surface area contributed by atoms with E-state index in [4.69, 9.17) is 0 Å². The van der Waals surface area contributed by atoms with E-state index in [-0.39, 0.29) is 0 Å². The topological polar surface area (TPSA) is 32.3 Å². The lowest BCUT2D eigenvalue weighted by Crippen LogP contribution is -2.31. The highest BCUT2D eigenvalue weighted by Gasteiger charge is 2.13. The summed E-state index contributed by atoms with van der Waals surface area (Å²) in [6.45, 7) is 4.41. The zero-order chi connectivity index (χ0) is 13.7. The van der Waals surface area contributed by atoms with Crippen molar-refractivity contribution in [2.45, 2.75) is 38.8 Å². The first-order chi connectivity index (χ1) is 9.19. The van der Waals surface area contributed by atoms with Gasteiger partial charge >= 0.3 is 0 Å². The van der Waals surface area contributed by atoms with E-state index in [2.05, 4.69) is 36.0 Å². The van der Waals surface area contributed by atoms with Crippen LogP contribution in [0.3, 0.4) is 0 Å². The van der Waals surface area contributed by atoms with Crippen molar-refractivity contribution in [3.63, 3.8) is 0 Å². The van der Waals surface area contributed by atoms with Crippen molar-refractivity contribution in [3.05, 3.63) is 52.2 Å². The van der Waals surface area contributed by atoms with Crippen molar-refractivity contribution >= 4 is 11.3 Å². The molecule has 102 valence electrons. The second-order valence-corrected chi connectivity index (χ2v) is 5.74. The number of hydrogen-bond donors (Lipinski definition) is 2. The van der Waals surface area contributed by atoms with Gasteiger partial charge in [-0.2, -0.15) is 11.3 Å². The van der Waals surface area contributed by atoms with Crippen molar-refractivity contribution in [1.29, 1.82) is 0 Å². The second-order valence-electron chi connectivity index (χ2n) is 4.96. The number of rotatable bonds is 6. The number of phenolic OH excluding ortho intramolecular Hbond substituents is 1. The number of thiophene rings is 1. The first kappa shape index (κ1) is 14.1. The molecule has 2 nitrogen and oxygen atoms in total. The Bertz CT molecular complexity index is 478. The van der Waals surface area contributed by atoms with Gasteiger partial charge < -0.3 is 10.4 Å². The Morgan fingerprint density at radius 3 is 2.53 bits per heavy atom. The van der Waals surface area contributed by atoms with E-state index in [0.29, 0.717) is 17.8 Å². The van der Waals surface area contributed by atoms with E-state index in [0.717, 1.165) is 12.8 Å². The minimum absolute atomic E-state index is 0.324. The number of aromatic hydroxyl groups is 1. The summed E-state index contributed by atoms with van der Waals surface area (Å²) in [5.41, 5.74) is 2.63. The summed E-state index contributed by atoms with van der Waals surface area (Å²) in [4.78, 5) is 0. The lowest BCUT2D eigenvalue weighted by Gasteiger charge is -2.22. The van der Waals surface area contributed by atoms with Gasteiger partial charge in [0.2, 0.25) is 0 Å². The van der Waals surface area contributed by atoms with E-state index in [1.165, 1.54) is 11.1 Å². The summed E-state index contributed by atoms with van der Waals surface area (Å²) < 4.78 is 0. The van der Waals surface area contributed by atoms with Crippen LogP contribution in [0.1, 0.15) is 37.4 Å². The predicted molar refractivity (Wildman–Crippen MR) is 81.8 cm³/mol. The molecule has 1 heterocycles. The second kappa shape index (κ2) is 6.73. The Labute approximate surface area is 119 Å². The van der Waals surface area contributed by atoms with Crippen molar-refractivity contribution in [1.82, 2.24) is 5.32 Å². The van der Waals surface area contributed by atoms with Gasteiger partial charge in [-0.15, -0.1) is 0 Å². The molecule has 3 heteroatoms. The van der Waals surface area contributed by atoms with E-state index in [1.807, 2.05) is 12.1 Å². The molecule has 1 aromatic carbocycles. The SMILES string of the molecule is CCC(NC(C)Cc1ccsc1)c1ccc(O)cc1. The van der Waals surface area contributed by atoms with Crippen LogP contribution >= 0.6 is 11.3 Å². The molecule has 0 amide bonds. The first-order valence-corrected chi connectivity index (χ1v) is 7.69. The maximum absolute atomic E-state index is 9.34. The standard InChI is InChI=1S/C16H21NOS/c1-3-16(14-4-6-15(18)7-5-14)17-12(2)10-13-8-9-19-11-13/h4-9,11-12,16-18H,3,10H2,1-2H3. The molecule has 19 heavy (non-hydrogen) atoms. The summed E-state index contributed by atoms with van der Waals surface area (Å²) in [5.74, 6) is 0.324. The van der Waals surface area contributed by atoms with Crippen LogP contribution in [0.5, 0.6) is 5.75 Å². The fourth-order valence-electron chi connectivity index (χ4n) is 2.32. The largest absolute Gasteiger partial charge is 0.508 e. The fraction of sp³-hybridized carbons (Fsp3) is 0.375. The van der Waals surface area contributed by atoms with Crippen molar-refractivity contribution < 1.29 is 5.11 Å². The summed E-state index contributed by atoms with van der Waals surface area (Å²) >= 11 is 1.75. The van der Waals surface area contributed by atoms with Gasteiger partial charge in [-0.1, -0.05) is 19.1 Å². The number of benzene rings is 1. The molecule has 0 saturated heterocycles. The zero-order valence-electron chi connectivity index (χ0n) is 11.5. The summed E-state index contributed by atoms with van der Waals surface area (Å²) in [6, 6.07) is 10.5. The number of hydrogen-bond acceptors (Lipinski definition) is 3. The highest BCUT2D eigenvalue weighted by Crippen LogP contribution is 2.20. The summed E-state index contributed by atoms with van der Waals surface area (Å²) in [5, 5.41) is 17.3. The third-order valence-electron chi connectivity index (χ3n) is 3.31. The minimum Gasteiger partial charge on any atom is -0.508 e. The van der Waals surface area contributed by atoms with Crippen LogP contribution in [0, 0.1) is 0 Å². The Morgan fingerprint density at radius 2 is 1.95 bits per heavy atom. The Balaban J connectivity index is 1.96. The molecule has 0 spiro atoms. The van der Waals surface area contributed by atoms with Gasteiger partial charge in [0.05, 0.1) is 0 Å². The third kappa shape index (κ3) is 4.08. The van der Waals surface area contributed by atoms with Gasteiger partial charge in [-0.3, -0.25) is 0 Å². The molecule has 0 radical (unpaired) electrons. The first-order valence-electron chi connectivity index (χ1n) is 6.75. The molecule has 1 aromatic heterocycles. The van der Waals surface area contributed by atoms with Crippen LogP contribution < -0.4 is 5.32 Å². The van der Waals surface area contributed by atoms with Crippen LogP contribution in [-0.4, -0.2) is 11.1 Å². The molecular weight excluding hydrogens is 254 g/mol. The van der Waals surface area contributed by atoms with Gasteiger partial charge in [0.25, 0.3) is 0 Å². The van der Waals surface area contributed by atoms with Gasteiger partial charge in [0, 0.05) is 12.1 Å². The maximum atomic E-state index is 9.34. The predicted octanol–water partition coefficient (Wildman–Crippen LogP) is 4.13. The maximum Gasteiger partial charge on any atom is 0.115 e. The quantitative estimate of drug-likeness (QED) is 0.831. The zero-order valence-corrected chi connectivity index (χ0v) is 12.3. The van der Waals surface area contributed by atoms with Crippen LogP contribution in [-0.2, 0) is 6.42 Å². The van der Waals surface area contributed by atoms with Crippen molar-refractivity contribution in [3.8, 4) is 5.75 Å². The highest BCUT2D eigenvalue weighted by molar-refractivity contribution is 7.07. The average molecular weight is 275 g/mol. The summed E-state index contributed by atoms with van der Waals surface area (Å²) in [6.07, 6.45) is 2.09. The Hall–Kier alpha value is -1.32. The lowest BCUT2D eigenvalue weighted by molar-refractivity contribution is 0.442. The third-order valence-corrected chi connectivity index (χ3v) is 4.04. The van der Waals surface area contributed by atoms with Gasteiger partial charge in [0.1, 0.15) is 5.75 Å². The molecule has 2 rings (SSSR count). The molecule has 2 unspecified atom stereocenters. The Morgan fingerprint density at radius 1 is 1.21 bits per heavy atom. The van der Waals surface area contributed by atoms with E-state index in [9.17, 15) is 5.11 Å². The van der Waals surface area contributed by atoms with E-state index < -0.39 is 0 Å². The molecule has 0 aliphatic rings. The average Bonchev–Trinajstić information content (AvgIpc) is 2.90. The normalized spacial score (nSPS) is 14.2. The molecule has 2 aromatic rings. The van der Waals surface area contributed by atoms with E-state index in [1.54, 1.807) is 23.5 Å². The van der Waals surface area contributed by atoms with Crippen LogP contribution in [0.25, 0.3) is 0 Å². The monoisotopic (exact) mass is 275 g/mol. The number of nitrogens with one attached hydrogen (secondary N) is 1. The number of phenols is 1. The molecule has 0 aliphatic carbocycles. The van der Waals surface area contributed by atoms with Crippen LogP contribution in [0.2, 0.25) is 0 Å². The smallest absolute Gasteiger partial charge is 0.115 e. The van der Waals surface area contributed by atoms with Crippen molar-refractivity contribution in [2.24, 2.45) is 0 Å². The molecule has 0 saturated carbocycles. The lowest BCUT2D eigenvalue weighted by atomic mass is 10.0. The van der Waals surface area contributed by atoms with Gasteiger partial charge in [-0.25, -0.2) is 0 Å². The fourth-order valence-corrected chi connectivity index (χ4v) is 3.00. The van der Waals surface area contributed by atoms with Gasteiger partial charge in [0.15, 0.2) is 0 Å². The van der Waals surface area contributed by atoms with E-state index >= 15 is 0 Å². The molecule has 0 bridgehead atoms. The summed E-state index contributed by atoms with van der Waals surface area (Å²) in [7, 11) is 0. The minimum atomic E-state index is 0.324. The molecular formula is C16H21NOS. The Kier molecular flexibility index (Phi) is 5.00. The molecule has 2 atom stereocenters. The van der Waals surface area contributed by atoms with Crippen LogP contribution in [0.4, 0.5) is 0 Å². The molecule has 0 fully saturated rings. The van der Waals surface area contributed by atoms with Crippen LogP contribution in [0.15, 0.2) is 41.1 Å². The molecule has 0 aliphatic heterocycles. The van der Waals surface area contributed by atoms with Gasteiger partial charge in [-0.05, 0) is 59.9 Å². The molecule has 2 N–H and O–H groups in total.